The van der Waals surface area contributed by atoms with E-state index < -0.39 is 5.91 Å². The van der Waals surface area contributed by atoms with E-state index in [9.17, 15) is 14.7 Å². The molecule has 4 nitrogen and oxygen atoms in total. The van der Waals surface area contributed by atoms with Crippen LogP contribution < -0.4 is 4.90 Å². The highest BCUT2D eigenvalue weighted by Gasteiger charge is 2.36. The average molecular weight is 355 g/mol. The van der Waals surface area contributed by atoms with Crippen LogP contribution in [0.4, 0.5) is 5.69 Å². The fraction of sp³-hybridized carbons (Fsp3) is 0.0435. The second kappa shape index (κ2) is 6.57. The minimum Gasteiger partial charge on any atom is -0.507 e. The highest BCUT2D eigenvalue weighted by molar-refractivity contribution is 6.43. The molecule has 0 fully saturated rings. The summed E-state index contributed by atoms with van der Waals surface area (Å²) in [6.07, 6.45) is 1.63. The van der Waals surface area contributed by atoms with Gasteiger partial charge in [0.1, 0.15) is 5.75 Å². The Morgan fingerprint density at radius 2 is 1.41 bits per heavy atom. The molecule has 0 aromatic heterocycles. The number of amides is 2. The number of aromatic hydroxyl groups is 1. The van der Waals surface area contributed by atoms with Gasteiger partial charge in [-0.05, 0) is 42.3 Å². The Morgan fingerprint density at radius 1 is 0.778 bits per heavy atom. The molecular formula is C23H17NO3. The van der Waals surface area contributed by atoms with E-state index in [4.69, 9.17) is 0 Å². The first-order valence-electron chi connectivity index (χ1n) is 8.61. The normalized spacial score (nSPS) is 15.1. The van der Waals surface area contributed by atoms with Crippen LogP contribution in [0.1, 0.15) is 27.0 Å². The van der Waals surface area contributed by atoms with Crippen LogP contribution in [0, 0.1) is 6.92 Å². The van der Waals surface area contributed by atoms with Crippen LogP contribution in [-0.2, 0) is 4.79 Å². The van der Waals surface area contributed by atoms with Gasteiger partial charge in [0.25, 0.3) is 11.8 Å². The van der Waals surface area contributed by atoms with E-state index in [2.05, 4.69) is 0 Å². The second-order valence-electron chi connectivity index (χ2n) is 6.39. The number of imide groups is 1. The molecule has 0 saturated heterocycles. The number of hydrogen-bond acceptors (Lipinski definition) is 3. The Kier molecular flexibility index (Phi) is 4.09. The average Bonchev–Trinajstić information content (AvgIpc) is 2.68. The van der Waals surface area contributed by atoms with Gasteiger partial charge in [-0.2, -0.15) is 0 Å². The second-order valence-corrected chi connectivity index (χ2v) is 6.39. The summed E-state index contributed by atoms with van der Waals surface area (Å²) in [5.74, 6) is -0.676. The van der Waals surface area contributed by atoms with Crippen molar-refractivity contribution in [1.82, 2.24) is 0 Å². The number of hydrogen-bond donors (Lipinski definition) is 1. The standard InChI is InChI=1S/C23H17NO3/c1-15-8-2-6-12-20(15)24-22(26)18-11-5-4-10-17(18)19(23(24)27)14-16-9-3-7-13-21(16)25/h2-14,25H,1H3. The maximum absolute atomic E-state index is 13.3. The lowest BCUT2D eigenvalue weighted by Gasteiger charge is -2.29. The first-order chi connectivity index (χ1) is 13.1. The van der Waals surface area contributed by atoms with Crippen molar-refractivity contribution in [2.45, 2.75) is 6.92 Å². The lowest BCUT2D eigenvalue weighted by molar-refractivity contribution is -0.112. The number of phenols is 1. The van der Waals surface area contributed by atoms with Gasteiger partial charge in [-0.1, -0.05) is 54.6 Å². The van der Waals surface area contributed by atoms with Crippen molar-refractivity contribution in [3.63, 3.8) is 0 Å². The summed E-state index contributed by atoms with van der Waals surface area (Å²) in [6.45, 7) is 1.86. The van der Waals surface area contributed by atoms with Gasteiger partial charge in [-0.25, -0.2) is 4.90 Å². The van der Waals surface area contributed by atoms with E-state index in [1.54, 1.807) is 66.7 Å². The molecule has 3 aromatic rings. The van der Waals surface area contributed by atoms with Gasteiger partial charge in [-0.15, -0.1) is 0 Å². The molecule has 4 heteroatoms. The molecule has 0 bridgehead atoms. The van der Waals surface area contributed by atoms with Crippen molar-refractivity contribution in [2.24, 2.45) is 0 Å². The van der Waals surface area contributed by atoms with Gasteiger partial charge in [0.05, 0.1) is 5.69 Å². The molecule has 0 unspecified atom stereocenters. The number of fused-ring (bicyclic) bond motifs is 1. The predicted octanol–water partition coefficient (Wildman–Crippen LogP) is 4.43. The lowest BCUT2D eigenvalue weighted by Crippen LogP contribution is -2.42. The molecule has 4 rings (SSSR count). The van der Waals surface area contributed by atoms with Crippen molar-refractivity contribution in [3.8, 4) is 5.75 Å². The molecule has 3 aromatic carbocycles. The number of anilines is 1. The monoisotopic (exact) mass is 355 g/mol. The summed E-state index contributed by atoms with van der Waals surface area (Å²) in [5, 5.41) is 10.1. The van der Waals surface area contributed by atoms with E-state index in [0.29, 0.717) is 28.0 Å². The third-order valence-corrected chi connectivity index (χ3v) is 4.68. The Bertz CT molecular complexity index is 1100. The smallest absolute Gasteiger partial charge is 0.265 e. The third-order valence-electron chi connectivity index (χ3n) is 4.68. The van der Waals surface area contributed by atoms with Crippen LogP contribution in [0.15, 0.2) is 72.8 Å². The minimum absolute atomic E-state index is 0.0784. The lowest BCUT2D eigenvalue weighted by atomic mass is 9.91. The van der Waals surface area contributed by atoms with Gasteiger partial charge in [0.2, 0.25) is 0 Å². The van der Waals surface area contributed by atoms with E-state index in [-0.39, 0.29) is 11.7 Å². The van der Waals surface area contributed by atoms with Crippen LogP contribution in [-0.4, -0.2) is 16.9 Å². The van der Waals surface area contributed by atoms with Crippen LogP contribution in [0.2, 0.25) is 0 Å². The molecule has 0 spiro atoms. The van der Waals surface area contributed by atoms with Crippen LogP contribution in [0.5, 0.6) is 5.75 Å². The van der Waals surface area contributed by atoms with Crippen molar-refractivity contribution < 1.29 is 14.7 Å². The Labute approximate surface area is 157 Å². The van der Waals surface area contributed by atoms with Crippen LogP contribution in [0.25, 0.3) is 11.6 Å². The Morgan fingerprint density at radius 3 is 2.15 bits per heavy atom. The number of carbonyl (C=O) groups excluding carboxylic acids is 2. The summed E-state index contributed by atoms with van der Waals surface area (Å²) in [6, 6.07) is 21.1. The number of rotatable bonds is 2. The molecule has 1 heterocycles. The molecule has 0 radical (unpaired) electrons. The summed E-state index contributed by atoms with van der Waals surface area (Å²) in [4.78, 5) is 27.6. The molecule has 2 amide bonds. The summed E-state index contributed by atoms with van der Waals surface area (Å²) in [7, 11) is 0. The van der Waals surface area contributed by atoms with Gasteiger partial charge in [-0.3, -0.25) is 9.59 Å². The van der Waals surface area contributed by atoms with Crippen molar-refractivity contribution >= 4 is 29.2 Å². The summed E-state index contributed by atoms with van der Waals surface area (Å²) >= 11 is 0. The fourth-order valence-electron chi connectivity index (χ4n) is 3.29. The van der Waals surface area contributed by atoms with Crippen molar-refractivity contribution in [3.05, 3.63) is 95.1 Å². The summed E-state index contributed by atoms with van der Waals surface area (Å²) in [5.41, 5.74) is 3.32. The van der Waals surface area contributed by atoms with Crippen molar-refractivity contribution in [2.75, 3.05) is 4.90 Å². The van der Waals surface area contributed by atoms with Crippen LogP contribution >= 0.6 is 0 Å². The molecule has 1 N–H and O–H groups in total. The number of aryl methyl sites for hydroxylation is 1. The quantitative estimate of drug-likeness (QED) is 0.546. The summed E-state index contributed by atoms with van der Waals surface area (Å²) < 4.78 is 0. The molecule has 1 aliphatic heterocycles. The zero-order valence-electron chi connectivity index (χ0n) is 14.7. The number of benzene rings is 3. The number of phenolic OH excluding ortho intramolecular Hbond substituents is 1. The molecular weight excluding hydrogens is 338 g/mol. The van der Waals surface area contributed by atoms with Crippen molar-refractivity contribution in [1.29, 1.82) is 0 Å². The van der Waals surface area contributed by atoms with E-state index in [0.717, 1.165) is 5.56 Å². The predicted molar refractivity (Wildman–Crippen MR) is 105 cm³/mol. The molecule has 0 aliphatic carbocycles. The van der Waals surface area contributed by atoms with E-state index >= 15 is 0 Å². The van der Waals surface area contributed by atoms with Gasteiger partial charge >= 0.3 is 0 Å². The maximum atomic E-state index is 13.3. The minimum atomic E-state index is -0.406. The highest BCUT2D eigenvalue weighted by Crippen LogP contribution is 2.35. The largest absolute Gasteiger partial charge is 0.507 e. The molecule has 0 saturated carbocycles. The maximum Gasteiger partial charge on any atom is 0.265 e. The fourth-order valence-corrected chi connectivity index (χ4v) is 3.29. The highest BCUT2D eigenvalue weighted by atomic mass is 16.3. The third kappa shape index (κ3) is 2.81. The zero-order valence-corrected chi connectivity index (χ0v) is 14.7. The van der Waals surface area contributed by atoms with E-state index in [1.165, 1.54) is 4.90 Å². The topological polar surface area (TPSA) is 57.6 Å². The first-order valence-corrected chi connectivity index (χ1v) is 8.61. The number of nitrogens with zero attached hydrogens (tertiary/aromatic N) is 1. The molecule has 27 heavy (non-hydrogen) atoms. The number of para-hydroxylation sites is 2. The Hall–Kier alpha value is -3.66. The SMILES string of the molecule is Cc1ccccc1N1C(=O)C(=Cc2ccccc2O)c2ccccc2C1=O. The van der Waals surface area contributed by atoms with Gasteiger partial charge in [0, 0.05) is 16.7 Å². The van der Waals surface area contributed by atoms with Gasteiger partial charge in [0.15, 0.2) is 0 Å². The molecule has 0 atom stereocenters. The van der Waals surface area contributed by atoms with Gasteiger partial charge < -0.3 is 5.11 Å². The van der Waals surface area contributed by atoms with Crippen LogP contribution in [0.3, 0.4) is 0 Å². The molecule has 132 valence electrons. The molecule has 1 aliphatic rings. The Balaban J connectivity index is 1.95. The first kappa shape index (κ1) is 16.8. The zero-order chi connectivity index (χ0) is 19.0. The van der Waals surface area contributed by atoms with E-state index in [1.807, 2.05) is 19.1 Å². The number of carbonyl (C=O) groups is 2.